The third kappa shape index (κ3) is 2.71. The average Bonchev–Trinajstić information content (AvgIpc) is 3.01. The quantitative estimate of drug-likeness (QED) is 0.745. The first-order valence-corrected chi connectivity index (χ1v) is 6.45. The van der Waals surface area contributed by atoms with Crippen molar-refractivity contribution in [2.24, 2.45) is 0 Å². The third-order valence-electron chi connectivity index (χ3n) is 3.01. The third-order valence-corrected chi connectivity index (χ3v) is 3.01. The summed E-state index contributed by atoms with van der Waals surface area (Å²) in [4.78, 5) is 15.6. The zero-order chi connectivity index (χ0) is 14.7. The molecule has 108 valence electrons. The number of rotatable bonds is 5. The number of aromatic amines is 1. The van der Waals surface area contributed by atoms with Crippen molar-refractivity contribution in [1.82, 2.24) is 19.9 Å². The van der Waals surface area contributed by atoms with Crippen LogP contribution in [0.3, 0.4) is 0 Å². The number of hydrogen-bond donors (Lipinski definition) is 2. The van der Waals surface area contributed by atoms with Gasteiger partial charge in [-0.15, -0.1) is 0 Å². The number of hydrogen-bond acceptors (Lipinski definition) is 6. The van der Waals surface area contributed by atoms with Gasteiger partial charge in [-0.2, -0.15) is 9.97 Å². The highest BCUT2D eigenvalue weighted by molar-refractivity contribution is 5.76. The van der Waals surface area contributed by atoms with Crippen molar-refractivity contribution >= 4 is 17.1 Å². The van der Waals surface area contributed by atoms with Crippen LogP contribution in [0.25, 0.3) is 11.2 Å². The van der Waals surface area contributed by atoms with Gasteiger partial charge in [0.25, 0.3) is 0 Å². The second kappa shape index (κ2) is 5.66. The maximum atomic E-state index is 5.78. The van der Waals surface area contributed by atoms with Crippen LogP contribution in [-0.4, -0.2) is 34.1 Å². The van der Waals surface area contributed by atoms with Crippen LogP contribution in [0.5, 0.6) is 11.6 Å². The van der Waals surface area contributed by atoms with Crippen LogP contribution in [0.4, 0.5) is 5.95 Å². The summed E-state index contributed by atoms with van der Waals surface area (Å²) in [5, 5.41) is 2.89. The summed E-state index contributed by atoms with van der Waals surface area (Å²) in [5.41, 5.74) is 2.27. The number of nitrogens with one attached hydrogen (secondary N) is 2. The van der Waals surface area contributed by atoms with Gasteiger partial charge in [0.1, 0.15) is 17.9 Å². The second-order valence-corrected chi connectivity index (χ2v) is 4.34. The smallest absolute Gasteiger partial charge is 0.245 e. The van der Waals surface area contributed by atoms with E-state index in [0.717, 1.165) is 11.3 Å². The molecule has 1 aromatic carbocycles. The van der Waals surface area contributed by atoms with E-state index >= 15 is 0 Å². The van der Waals surface area contributed by atoms with Gasteiger partial charge in [-0.05, 0) is 17.7 Å². The number of imidazole rings is 1. The fourth-order valence-electron chi connectivity index (χ4n) is 1.90. The zero-order valence-corrected chi connectivity index (χ0v) is 11.8. The lowest BCUT2D eigenvalue weighted by Crippen LogP contribution is -2.02. The average molecular weight is 285 g/mol. The van der Waals surface area contributed by atoms with E-state index in [1.54, 1.807) is 20.5 Å². The van der Waals surface area contributed by atoms with Crippen LogP contribution in [0.2, 0.25) is 0 Å². The first-order valence-electron chi connectivity index (χ1n) is 6.45. The SMILES string of the molecule is CNc1nc(OCc2ccc(OC)cc2)c2[nH]cnc2n1. The topological polar surface area (TPSA) is 85.0 Å². The second-order valence-electron chi connectivity index (χ2n) is 4.34. The highest BCUT2D eigenvalue weighted by Crippen LogP contribution is 2.22. The van der Waals surface area contributed by atoms with Crippen LogP contribution >= 0.6 is 0 Å². The van der Waals surface area contributed by atoms with Gasteiger partial charge in [-0.3, -0.25) is 0 Å². The molecular weight excluding hydrogens is 270 g/mol. The fourth-order valence-corrected chi connectivity index (χ4v) is 1.90. The van der Waals surface area contributed by atoms with Gasteiger partial charge in [0.2, 0.25) is 11.8 Å². The molecule has 0 atom stereocenters. The highest BCUT2D eigenvalue weighted by atomic mass is 16.5. The summed E-state index contributed by atoms with van der Waals surface area (Å²) < 4.78 is 10.9. The van der Waals surface area contributed by atoms with E-state index in [0.29, 0.717) is 29.6 Å². The van der Waals surface area contributed by atoms with Gasteiger partial charge in [-0.25, -0.2) is 4.98 Å². The molecule has 2 aromatic heterocycles. The first-order chi connectivity index (χ1) is 10.3. The Morgan fingerprint density at radius 1 is 1.19 bits per heavy atom. The van der Waals surface area contributed by atoms with Gasteiger partial charge in [-0.1, -0.05) is 12.1 Å². The molecule has 0 aliphatic heterocycles. The van der Waals surface area contributed by atoms with Gasteiger partial charge >= 0.3 is 0 Å². The Hall–Kier alpha value is -2.83. The Morgan fingerprint density at radius 3 is 2.71 bits per heavy atom. The molecule has 7 nitrogen and oxygen atoms in total. The maximum Gasteiger partial charge on any atom is 0.245 e. The Bertz CT molecular complexity index is 739. The van der Waals surface area contributed by atoms with Crippen molar-refractivity contribution in [1.29, 1.82) is 0 Å². The first kappa shape index (κ1) is 13.2. The minimum Gasteiger partial charge on any atom is -0.497 e. The molecule has 3 aromatic rings. The molecule has 0 aliphatic rings. The van der Waals surface area contributed by atoms with Crippen LogP contribution in [0.1, 0.15) is 5.56 Å². The van der Waals surface area contributed by atoms with Crippen LogP contribution in [-0.2, 0) is 6.61 Å². The van der Waals surface area contributed by atoms with E-state index in [1.807, 2.05) is 24.3 Å². The van der Waals surface area contributed by atoms with Gasteiger partial charge in [0.05, 0.1) is 13.4 Å². The number of methoxy groups -OCH3 is 1. The van der Waals surface area contributed by atoms with E-state index in [9.17, 15) is 0 Å². The summed E-state index contributed by atoms with van der Waals surface area (Å²) >= 11 is 0. The molecule has 2 heterocycles. The predicted octanol–water partition coefficient (Wildman–Crippen LogP) is 1.98. The van der Waals surface area contributed by atoms with E-state index < -0.39 is 0 Å². The Labute approximate surface area is 121 Å². The van der Waals surface area contributed by atoms with Crippen molar-refractivity contribution in [2.45, 2.75) is 6.61 Å². The summed E-state index contributed by atoms with van der Waals surface area (Å²) in [7, 11) is 3.39. The monoisotopic (exact) mass is 285 g/mol. The summed E-state index contributed by atoms with van der Waals surface area (Å²) in [5.74, 6) is 1.76. The molecule has 0 saturated heterocycles. The van der Waals surface area contributed by atoms with Crippen molar-refractivity contribution in [3.63, 3.8) is 0 Å². The van der Waals surface area contributed by atoms with Crippen molar-refractivity contribution in [3.05, 3.63) is 36.2 Å². The van der Waals surface area contributed by atoms with E-state index in [1.165, 1.54) is 0 Å². The maximum absolute atomic E-state index is 5.78. The molecule has 0 spiro atoms. The van der Waals surface area contributed by atoms with Gasteiger partial charge < -0.3 is 19.8 Å². The molecule has 2 N–H and O–H groups in total. The Balaban J connectivity index is 1.81. The van der Waals surface area contributed by atoms with E-state index in [2.05, 4.69) is 25.3 Å². The van der Waals surface area contributed by atoms with Crippen molar-refractivity contribution in [3.8, 4) is 11.6 Å². The molecule has 0 aliphatic carbocycles. The number of fused-ring (bicyclic) bond motifs is 1. The van der Waals surface area contributed by atoms with Gasteiger partial charge in [0, 0.05) is 7.05 Å². The lowest BCUT2D eigenvalue weighted by atomic mass is 10.2. The molecule has 3 rings (SSSR count). The summed E-state index contributed by atoms with van der Waals surface area (Å²) in [6.45, 7) is 0.401. The Morgan fingerprint density at radius 2 is 2.00 bits per heavy atom. The lowest BCUT2D eigenvalue weighted by Gasteiger charge is -2.08. The number of ether oxygens (including phenoxy) is 2. The largest absolute Gasteiger partial charge is 0.497 e. The molecular formula is C14H15N5O2. The standard InChI is InChI=1S/C14H15N5O2/c1-15-14-18-12-11(16-8-17-12)13(19-14)21-7-9-3-5-10(20-2)6-4-9/h3-6,8H,7H2,1-2H3,(H2,15,16,17,18,19). The summed E-state index contributed by atoms with van der Waals surface area (Å²) in [6, 6.07) is 7.68. The molecule has 0 amide bonds. The molecule has 0 bridgehead atoms. The fraction of sp³-hybridized carbons (Fsp3) is 0.214. The Kier molecular flexibility index (Phi) is 3.55. The minimum atomic E-state index is 0.401. The summed E-state index contributed by atoms with van der Waals surface area (Å²) in [6.07, 6.45) is 1.57. The molecule has 0 radical (unpaired) electrons. The van der Waals surface area contributed by atoms with Crippen LogP contribution in [0.15, 0.2) is 30.6 Å². The highest BCUT2D eigenvalue weighted by Gasteiger charge is 2.10. The molecule has 7 heteroatoms. The molecule has 0 unspecified atom stereocenters. The van der Waals surface area contributed by atoms with Crippen LogP contribution in [0, 0.1) is 0 Å². The van der Waals surface area contributed by atoms with Crippen LogP contribution < -0.4 is 14.8 Å². The van der Waals surface area contributed by atoms with E-state index in [-0.39, 0.29) is 0 Å². The van der Waals surface area contributed by atoms with E-state index in [4.69, 9.17) is 9.47 Å². The number of anilines is 1. The number of nitrogens with zero attached hydrogens (tertiary/aromatic N) is 3. The zero-order valence-electron chi connectivity index (χ0n) is 11.8. The number of H-pyrrole nitrogens is 1. The molecule has 21 heavy (non-hydrogen) atoms. The van der Waals surface area contributed by atoms with Crippen molar-refractivity contribution in [2.75, 3.05) is 19.5 Å². The van der Waals surface area contributed by atoms with Crippen molar-refractivity contribution < 1.29 is 9.47 Å². The minimum absolute atomic E-state index is 0.401. The number of aromatic nitrogens is 4. The lowest BCUT2D eigenvalue weighted by molar-refractivity contribution is 0.297. The van der Waals surface area contributed by atoms with Gasteiger partial charge in [0.15, 0.2) is 5.65 Å². The predicted molar refractivity (Wildman–Crippen MR) is 78.6 cm³/mol. The molecule has 0 saturated carbocycles. The molecule has 0 fully saturated rings. The normalized spacial score (nSPS) is 10.6. The number of benzene rings is 1.